The highest BCUT2D eigenvalue weighted by Crippen LogP contribution is 2.18. The van der Waals surface area contributed by atoms with Crippen molar-refractivity contribution in [2.45, 2.75) is 0 Å². The molecule has 0 aliphatic carbocycles. The number of carbonyl (C=O) groups is 2. The molecule has 3 aromatic rings. The number of amides is 2. The van der Waals surface area contributed by atoms with Gasteiger partial charge in [0.25, 0.3) is 11.6 Å². The van der Waals surface area contributed by atoms with Crippen molar-refractivity contribution in [1.82, 2.24) is 0 Å². The van der Waals surface area contributed by atoms with Crippen LogP contribution in [0.5, 0.6) is 0 Å². The molecule has 3 rings (SSSR count). The monoisotopic (exact) mass is 393 g/mol. The fraction of sp³-hybridized carbons (Fsp3) is 0. The first-order valence-corrected chi connectivity index (χ1v) is 9.08. The third-order valence-electron chi connectivity index (χ3n) is 3.66. The summed E-state index contributed by atoms with van der Waals surface area (Å²) in [5.41, 5.74) is 1.75. The van der Waals surface area contributed by atoms with E-state index in [1.165, 1.54) is 29.5 Å². The highest BCUT2D eigenvalue weighted by Gasteiger charge is 2.07. The number of nitro groups is 1. The minimum absolute atomic E-state index is 0.0111. The highest BCUT2D eigenvalue weighted by molar-refractivity contribution is 7.12. The van der Waals surface area contributed by atoms with Crippen molar-refractivity contribution in [3.63, 3.8) is 0 Å². The van der Waals surface area contributed by atoms with E-state index in [0.717, 1.165) is 0 Å². The average Bonchev–Trinajstić information content (AvgIpc) is 3.22. The van der Waals surface area contributed by atoms with Gasteiger partial charge in [0, 0.05) is 29.6 Å². The maximum atomic E-state index is 12.1. The quantitative estimate of drug-likeness (QED) is 0.364. The lowest BCUT2D eigenvalue weighted by molar-refractivity contribution is -0.384. The molecule has 8 heteroatoms. The Bertz CT molecular complexity index is 1030. The van der Waals surface area contributed by atoms with Crippen LogP contribution in [0, 0.1) is 10.1 Å². The Hall–Kier alpha value is -3.78. The van der Waals surface area contributed by atoms with Crippen molar-refractivity contribution >= 4 is 46.3 Å². The van der Waals surface area contributed by atoms with E-state index in [9.17, 15) is 19.7 Å². The molecule has 1 heterocycles. The van der Waals surface area contributed by atoms with E-state index in [2.05, 4.69) is 10.6 Å². The highest BCUT2D eigenvalue weighted by atomic mass is 32.1. The minimum atomic E-state index is -0.482. The largest absolute Gasteiger partial charge is 0.322 e. The number of nitrogens with one attached hydrogen (secondary N) is 2. The molecule has 0 aliphatic rings. The minimum Gasteiger partial charge on any atom is -0.322 e. The lowest BCUT2D eigenvalue weighted by Crippen LogP contribution is -2.11. The molecule has 0 aliphatic heterocycles. The number of hydrogen-bond donors (Lipinski definition) is 2. The first kappa shape index (κ1) is 19.0. The van der Waals surface area contributed by atoms with Gasteiger partial charge in [0.15, 0.2) is 0 Å². The maximum absolute atomic E-state index is 12.1. The molecule has 0 fully saturated rings. The summed E-state index contributed by atoms with van der Waals surface area (Å²) in [6.07, 6.45) is 2.89. The Morgan fingerprint density at radius 2 is 1.68 bits per heavy atom. The number of benzene rings is 2. The van der Waals surface area contributed by atoms with E-state index in [-0.39, 0.29) is 17.5 Å². The van der Waals surface area contributed by atoms with Crippen LogP contribution in [0.2, 0.25) is 0 Å². The number of hydrogen-bond acceptors (Lipinski definition) is 5. The first-order valence-electron chi connectivity index (χ1n) is 8.20. The van der Waals surface area contributed by atoms with Crippen molar-refractivity contribution in [2.75, 3.05) is 10.6 Å². The molecule has 140 valence electrons. The zero-order valence-electron chi connectivity index (χ0n) is 14.5. The summed E-state index contributed by atoms with van der Waals surface area (Å²) in [6.45, 7) is 0. The number of anilines is 2. The molecule has 0 spiro atoms. The topological polar surface area (TPSA) is 101 Å². The Kier molecular flexibility index (Phi) is 5.93. The van der Waals surface area contributed by atoms with E-state index in [0.29, 0.717) is 21.8 Å². The van der Waals surface area contributed by atoms with Crippen LogP contribution in [0.25, 0.3) is 6.08 Å². The summed E-state index contributed by atoms with van der Waals surface area (Å²) in [4.78, 5) is 34.9. The summed E-state index contributed by atoms with van der Waals surface area (Å²) >= 11 is 1.34. The van der Waals surface area contributed by atoms with Crippen molar-refractivity contribution in [3.05, 3.63) is 92.7 Å². The molecule has 2 N–H and O–H groups in total. The van der Waals surface area contributed by atoms with Crippen LogP contribution in [0.15, 0.2) is 72.1 Å². The van der Waals surface area contributed by atoms with Crippen LogP contribution in [-0.4, -0.2) is 16.7 Å². The molecule has 0 radical (unpaired) electrons. The zero-order chi connectivity index (χ0) is 19.9. The van der Waals surface area contributed by atoms with Gasteiger partial charge in [-0.15, -0.1) is 11.3 Å². The second-order valence-corrected chi connectivity index (χ2v) is 6.63. The Labute approximate surface area is 164 Å². The third kappa shape index (κ3) is 5.12. The van der Waals surface area contributed by atoms with Crippen LogP contribution < -0.4 is 10.6 Å². The van der Waals surface area contributed by atoms with Gasteiger partial charge in [0.05, 0.1) is 9.80 Å². The van der Waals surface area contributed by atoms with Gasteiger partial charge in [-0.1, -0.05) is 12.1 Å². The van der Waals surface area contributed by atoms with E-state index >= 15 is 0 Å². The molecule has 0 unspecified atom stereocenters. The van der Waals surface area contributed by atoms with Crippen LogP contribution >= 0.6 is 11.3 Å². The summed E-state index contributed by atoms with van der Waals surface area (Å²) in [5.74, 6) is -0.573. The van der Waals surface area contributed by atoms with E-state index in [1.54, 1.807) is 54.6 Å². The second kappa shape index (κ2) is 8.74. The van der Waals surface area contributed by atoms with Crippen LogP contribution in [0.4, 0.5) is 17.1 Å². The molecule has 2 aromatic carbocycles. The van der Waals surface area contributed by atoms with Crippen LogP contribution in [0.1, 0.15) is 15.2 Å². The second-order valence-electron chi connectivity index (χ2n) is 5.68. The molecule has 0 saturated carbocycles. The average molecular weight is 393 g/mol. The number of nitrogens with zero attached hydrogens (tertiary/aromatic N) is 1. The number of carbonyl (C=O) groups excluding carboxylic acids is 2. The molecule has 0 bridgehead atoms. The molecule has 28 heavy (non-hydrogen) atoms. The molecule has 7 nitrogen and oxygen atoms in total. The Morgan fingerprint density at radius 3 is 2.32 bits per heavy atom. The normalized spacial score (nSPS) is 10.6. The lowest BCUT2D eigenvalue weighted by atomic mass is 10.2. The molecule has 0 atom stereocenters. The standard InChI is InChI=1S/C20H15N3O4S/c24-19(11-8-14-6-9-17(10-7-14)23(26)27)21-15-3-1-4-16(13-15)22-20(25)18-5-2-12-28-18/h1-13H,(H,21,24)(H,22,25)/b11-8+. The van der Waals surface area contributed by atoms with E-state index < -0.39 is 4.92 Å². The van der Waals surface area contributed by atoms with Gasteiger partial charge in [0.1, 0.15) is 0 Å². The van der Waals surface area contributed by atoms with E-state index in [1.807, 2.05) is 5.38 Å². The van der Waals surface area contributed by atoms with Gasteiger partial charge in [0.2, 0.25) is 5.91 Å². The predicted molar refractivity (Wildman–Crippen MR) is 109 cm³/mol. The van der Waals surface area contributed by atoms with Gasteiger partial charge < -0.3 is 10.6 Å². The fourth-order valence-electron chi connectivity index (χ4n) is 2.34. The first-order chi connectivity index (χ1) is 13.5. The Morgan fingerprint density at radius 1 is 0.964 bits per heavy atom. The van der Waals surface area contributed by atoms with Crippen molar-refractivity contribution in [2.24, 2.45) is 0 Å². The third-order valence-corrected chi connectivity index (χ3v) is 4.53. The SMILES string of the molecule is O=C(/C=C/c1ccc([N+](=O)[O-])cc1)Nc1cccc(NC(=O)c2cccs2)c1. The summed E-state index contributed by atoms with van der Waals surface area (Å²) in [5, 5.41) is 17.9. The van der Waals surface area contributed by atoms with Gasteiger partial charge in [-0.25, -0.2) is 0 Å². The van der Waals surface area contributed by atoms with Gasteiger partial charge in [-0.3, -0.25) is 19.7 Å². The number of thiophene rings is 1. The van der Waals surface area contributed by atoms with Crippen LogP contribution in [0.3, 0.4) is 0 Å². The fourth-order valence-corrected chi connectivity index (χ4v) is 2.96. The number of non-ortho nitro benzene ring substituents is 1. The van der Waals surface area contributed by atoms with Crippen LogP contribution in [-0.2, 0) is 4.79 Å². The predicted octanol–water partition coefficient (Wildman–Crippen LogP) is 4.56. The van der Waals surface area contributed by atoms with Crippen molar-refractivity contribution in [1.29, 1.82) is 0 Å². The molecule has 0 saturated heterocycles. The van der Waals surface area contributed by atoms with Gasteiger partial charge >= 0.3 is 0 Å². The molecule has 1 aromatic heterocycles. The summed E-state index contributed by atoms with van der Waals surface area (Å²) in [6, 6.07) is 16.2. The van der Waals surface area contributed by atoms with Gasteiger partial charge in [-0.2, -0.15) is 0 Å². The number of nitro benzene ring substituents is 1. The summed E-state index contributed by atoms with van der Waals surface area (Å²) in [7, 11) is 0. The van der Waals surface area contributed by atoms with Crippen molar-refractivity contribution < 1.29 is 14.5 Å². The summed E-state index contributed by atoms with van der Waals surface area (Å²) < 4.78 is 0. The maximum Gasteiger partial charge on any atom is 0.269 e. The van der Waals surface area contributed by atoms with Gasteiger partial charge in [-0.05, 0) is 53.4 Å². The lowest BCUT2D eigenvalue weighted by Gasteiger charge is -2.07. The van der Waals surface area contributed by atoms with E-state index in [4.69, 9.17) is 0 Å². The molecular formula is C20H15N3O4S. The zero-order valence-corrected chi connectivity index (χ0v) is 15.3. The smallest absolute Gasteiger partial charge is 0.269 e. The molecule has 2 amide bonds. The molecular weight excluding hydrogens is 378 g/mol. The van der Waals surface area contributed by atoms with Crippen molar-refractivity contribution in [3.8, 4) is 0 Å². The Balaban J connectivity index is 1.60. The number of rotatable bonds is 6.